The summed E-state index contributed by atoms with van der Waals surface area (Å²) in [6.07, 6.45) is 2.47. The second-order valence-electron chi connectivity index (χ2n) is 6.00. The number of nitrogens with one attached hydrogen (secondary N) is 1. The van der Waals surface area contributed by atoms with Crippen LogP contribution in [0.1, 0.15) is 23.2 Å². The Morgan fingerprint density at radius 3 is 2.82 bits per heavy atom. The van der Waals surface area contributed by atoms with Gasteiger partial charge in [-0.3, -0.25) is 9.69 Å². The molecule has 3 heterocycles. The first-order valence-corrected chi connectivity index (χ1v) is 7.83. The first-order chi connectivity index (χ1) is 10.8. The van der Waals surface area contributed by atoms with Gasteiger partial charge in [-0.15, -0.1) is 0 Å². The number of hydrogen-bond acceptors (Lipinski definition) is 5. The fraction of sp³-hybridized carbons (Fsp3) is 0.562. The Balaban J connectivity index is 1.44. The third-order valence-electron chi connectivity index (χ3n) is 4.61. The summed E-state index contributed by atoms with van der Waals surface area (Å²) in [5.74, 6) is 1.24. The van der Waals surface area contributed by atoms with Crippen LogP contribution in [0.3, 0.4) is 0 Å². The van der Waals surface area contributed by atoms with E-state index in [1.165, 1.54) is 12.8 Å². The summed E-state index contributed by atoms with van der Waals surface area (Å²) in [4.78, 5) is 14.9. The summed E-state index contributed by atoms with van der Waals surface area (Å²) in [5.41, 5.74) is 0.594. The number of ether oxygens (including phenoxy) is 3. The Morgan fingerprint density at radius 1 is 1.14 bits per heavy atom. The molecule has 2 saturated heterocycles. The van der Waals surface area contributed by atoms with Crippen molar-refractivity contribution in [1.29, 1.82) is 0 Å². The maximum atomic E-state index is 12.5. The molecule has 1 N–H and O–H groups in total. The highest BCUT2D eigenvalue weighted by Gasteiger charge is 2.35. The molecule has 0 bridgehead atoms. The number of carbonyl (C=O) groups excluding carboxylic acids is 1. The van der Waals surface area contributed by atoms with E-state index >= 15 is 0 Å². The summed E-state index contributed by atoms with van der Waals surface area (Å²) < 4.78 is 16.2. The Labute approximate surface area is 129 Å². The van der Waals surface area contributed by atoms with Gasteiger partial charge < -0.3 is 19.5 Å². The minimum absolute atomic E-state index is 0.0519. The fourth-order valence-corrected chi connectivity index (χ4v) is 3.40. The highest BCUT2D eigenvalue weighted by molar-refractivity contribution is 5.95. The van der Waals surface area contributed by atoms with E-state index in [1.54, 1.807) is 18.2 Å². The van der Waals surface area contributed by atoms with E-state index in [4.69, 9.17) is 14.2 Å². The van der Waals surface area contributed by atoms with Crippen LogP contribution in [0.5, 0.6) is 11.5 Å². The minimum Gasteiger partial charge on any atom is -0.454 e. The average Bonchev–Trinajstić information content (AvgIpc) is 3.27. The molecule has 2 fully saturated rings. The van der Waals surface area contributed by atoms with Crippen molar-refractivity contribution in [3.8, 4) is 11.5 Å². The molecular formula is C16H20N2O4. The predicted molar refractivity (Wildman–Crippen MR) is 79.2 cm³/mol. The molecule has 0 unspecified atom stereocenters. The molecule has 2 atom stereocenters. The number of benzene rings is 1. The van der Waals surface area contributed by atoms with Crippen LogP contribution in [0.2, 0.25) is 0 Å². The van der Waals surface area contributed by atoms with Crippen LogP contribution in [0.25, 0.3) is 0 Å². The molecule has 22 heavy (non-hydrogen) atoms. The van der Waals surface area contributed by atoms with Crippen molar-refractivity contribution >= 4 is 5.91 Å². The van der Waals surface area contributed by atoms with Crippen LogP contribution in [0, 0.1) is 0 Å². The summed E-state index contributed by atoms with van der Waals surface area (Å²) in [6, 6.07) is 5.62. The molecular weight excluding hydrogens is 284 g/mol. The maximum Gasteiger partial charge on any atom is 0.251 e. The molecule has 3 aliphatic rings. The topological polar surface area (TPSA) is 60.0 Å². The van der Waals surface area contributed by atoms with E-state index in [0.717, 1.165) is 13.1 Å². The zero-order chi connectivity index (χ0) is 14.9. The van der Waals surface area contributed by atoms with Gasteiger partial charge in [-0.1, -0.05) is 0 Å². The van der Waals surface area contributed by atoms with E-state index < -0.39 is 0 Å². The smallest absolute Gasteiger partial charge is 0.251 e. The normalized spacial score (nSPS) is 27.3. The predicted octanol–water partition coefficient (Wildman–Crippen LogP) is 1.01. The largest absolute Gasteiger partial charge is 0.454 e. The molecule has 4 rings (SSSR count). The molecule has 3 aliphatic heterocycles. The van der Waals surface area contributed by atoms with Crippen LogP contribution < -0.4 is 14.8 Å². The molecule has 0 saturated carbocycles. The Kier molecular flexibility index (Phi) is 3.63. The number of nitrogens with zero attached hydrogens (tertiary/aromatic N) is 1. The summed E-state index contributed by atoms with van der Waals surface area (Å²) in [7, 11) is 0. The van der Waals surface area contributed by atoms with Crippen LogP contribution in [-0.4, -0.2) is 56.0 Å². The van der Waals surface area contributed by atoms with Crippen LogP contribution in [-0.2, 0) is 4.74 Å². The lowest BCUT2D eigenvalue weighted by Crippen LogP contribution is -2.50. The molecule has 118 valence electrons. The summed E-state index contributed by atoms with van der Waals surface area (Å²) in [6.45, 7) is 3.70. The van der Waals surface area contributed by atoms with Crippen LogP contribution in [0.4, 0.5) is 0 Å². The van der Waals surface area contributed by atoms with E-state index in [2.05, 4.69) is 10.2 Å². The number of amides is 1. The van der Waals surface area contributed by atoms with Gasteiger partial charge in [-0.05, 0) is 44.1 Å². The summed E-state index contributed by atoms with van der Waals surface area (Å²) >= 11 is 0. The van der Waals surface area contributed by atoms with Crippen LogP contribution >= 0.6 is 0 Å². The first-order valence-electron chi connectivity index (χ1n) is 7.83. The Bertz CT molecular complexity index is 571. The Morgan fingerprint density at radius 2 is 1.95 bits per heavy atom. The molecule has 1 aromatic carbocycles. The second-order valence-corrected chi connectivity index (χ2v) is 6.00. The zero-order valence-electron chi connectivity index (χ0n) is 12.4. The third-order valence-corrected chi connectivity index (χ3v) is 4.61. The van der Waals surface area contributed by atoms with Gasteiger partial charge in [-0.25, -0.2) is 0 Å². The average molecular weight is 304 g/mol. The molecule has 6 heteroatoms. The first kappa shape index (κ1) is 13.8. The molecule has 0 radical (unpaired) electrons. The number of carbonyl (C=O) groups is 1. The molecule has 1 aromatic rings. The molecule has 0 aliphatic carbocycles. The lowest BCUT2D eigenvalue weighted by molar-refractivity contribution is 0.0916. The quantitative estimate of drug-likeness (QED) is 0.903. The van der Waals surface area contributed by atoms with Crippen molar-refractivity contribution in [1.82, 2.24) is 10.2 Å². The van der Waals surface area contributed by atoms with E-state index in [0.29, 0.717) is 36.3 Å². The molecule has 1 amide bonds. The fourth-order valence-electron chi connectivity index (χ4n) is 3.40. The highest BCUT2D eigenvalue weighted by Crippen LogP contribution is 2.32. The van der Waals surface area contributed by atoms with Gasteiger partial charge in [-0.2, -0.15) is 0 Å². The van der Waals surface area contributed by atoms with E-state index in [9.17, 15) is 4.79 Å². The number of rotatable bonds is 3. The van der Waals surface area contributed by atoms with Gasteiger partial charge in [0, 0.05) is 5.56 Å². The van der Waals surface area contributed by atoms with Crippen molar-refractivity contribution in [3.05, 3.63) is 23.8 Å². The number of likely N-dealkylation sites (tertiary alicyclic amines) is 1. The molecule has 0 spiro atoms. The number of fused-ring (bicyclic) bond motifs is 1. The maximum absolute atomic E-state index is 12.5. The highest BCUT2D eigenvalue weighted by atomic mass is 16.7. The second kappa shape index (κ2) is 5.78. The number of hydrogen-bond donors (Lipinski definition) is 1. The van der Waals surface area contributed by atoms with Gasteiger partial charge in [0.1, 0.15) is 0 Å². The minimum atomic E-state index is -0.0852. The van der Waals surface area contributed by atoms with E-state index in [-0.39, 0.29) is 18.7 Å². The SMILES string of the molecule is O=C(N[C@@H]1COC[C@H]1N1CCCC1)c1ccc2c(c1)OCO2. The van der Waals surface area contributed by atoms with Crippen molar-refractivity contribution in [3.63, 3.8) is 0 Å². The summed E-state index contributed by atoms with van der Waals surface area (Å²) in [5, 5.41) is 3.11. The standard InChI is InChI=1S/C16H20N2O4/c19-16(11-3-4-14-15(7-11)22-10-21-14)17-12-8-20-9-13(12)18-5-1-2-6-18/h3-4,7,12-13H,1-2,5-6,8-10H2,(H,17,19)/t12-,13-/m1/s1. The zero-order valence-corrected chi connectivity index (χ0v) is 12.4. The van der Waals surface area contributed by atoms with Gasteiger partial charge >= 0.3 is 0 Å². The monoisotopic (exact) mass is 304 g/mol. The molecule has 6 nitrogen and oxygen atoms in total. The Hall–Kier alpha value is -1.79. The van der Waals surface area contributed by atoms with Gasteiger partial charge in [0.2, 0.25) is 6.79 Å². The third kappa shape index (κ3) is 2.53. The van der Waals surface area contributed by atoms with E-state index in [1.807, 2.05) is 0 Å². The van der Waals surface area contributed by atoms with Crippen molar-refractivity contribution in [2.45, 2.75) is 24.9 Å². The van der Waals surface area contributed by atoms with Gasteiger partial charge in [0.05, 0.1) is 25.3 Å². The van der Waals surface area contributed by atoms with Crippen molar-refractivity contribution < 1.29 is 19.0 Å². The van der Waals surface area contributed by atoms with Crippen LogP contribution in [0.15, 0.2) is 18.2 Å². The van der Waals surface area contributed by atoms with Crippen molar-refractivity contribution in [2.75, 3.05) is 33.1 Å². The lowest BCUT2D eigenvalue weighted by Gasteiger charge is -2.27. The molecule has 0 aromatic heterocycles. The van der Waals surface area contributed by atoms with Gasteiger partial charge in [0.15, 0.2) is 11.5 Å². The van der Waals surface area contributed by atoms with Crippen molar-refractivity contribution in [2.24, 2.45) is 0 Å². The van der Waals surface area contributed by atoms with Gasteiger partial charge in [0.25, 0.3) is 5.91 Å². The lowest BCUT2D eigenvalue weighted by atomic mass is 10.1.